The minimum atomic E-state index is -8.46. The summed E-state index contributed by atoms with van der Waals surface area (Å²) in [6.45, 7) is -1.21. The number of hydrogen-bond acceptors (Lipinski definition) is 2. The van der Waals surface area contributed by atoms with Gasteiger partial charge in [0.1, 0.15) is 0 Å². The normalized spacial score (nSPS) is 21.1. The van der Waals surface area contributed by atoms with Gasteiger partial charge in [-0.2, -0.15) is 61.5 Å². The Morgan fingerprint density at radius 2 is 1.08 bits per heavy atom. The van der Waals surface area contributed by atoms with Crippen LogP contribution in [0.4, 0.5) is 70.2 Å². The third-order valence-electron chi connectivity index (χ3n) is 6.26. The minimum absolute atomic E-state index is 0.297. The number of esters is 1. The van der Waals surface area contributed by atoms with Gasteiger partial charge < -0.3 is 4.74 Å². The minimum Gasteiger partial charge on any atom is -0.459 e. The zero-order valence-corrected chi connectivity index (χ0v) is 19.3. The quantitative estimate of drug-likeness (QED) is 0.158. The Labute approximate surface area is 205 Å². The van der Waals surface area contributed by atoms with Gasteiger partial charge in [-0.3, -0.25) is 4.79 Å². The van der Waals surface area contributed by atoms with Crippen molar-refractivity contribution in [2.24, 2.45) is 11.8 Å². The molecule has 0 aliphatic heterocycles. The first-order valence-corrected chi connectivity index (χ1v) is 10.9. The van der Waals surface area contributed by atoms with E-state index in [0.29, 0.717) is 31.6 Å². The van der Waals surface area contributed by atoms with E-state index >= 15 is 0 Å². The number of hydrogen-bond donors (Lipinski definition) is 0. The largest absolute Gasteiger partial charge is 0.459 e. The van der Waals surface area contributed by atoms with E-state index in [2.05, 4.69) is 4.74 Å². The van der Waals surface area contributed by atoms with Crippen LogP contribution in [0.3, 0.4) is 0 Å². The van der Waals surface area contributed by atoms with Crippen LogP contribution in [0.15, 0.2) is 0 Å². The van der Waals surface area contributed by atoms with Crippen LogP contribution >= 0.6 is 0 Å². The van der Waals surface area contributed by atoms with Gasteiger partial charge in [-0.25, -0.2) is 8.78 Å². The van der Waals surface area contributed by atoms with Gasteiger partial charge >= 0.3 is 53.9 Å². The molecule has 1 aliphatic rings. The molecule has 38 heavy (non-hydrogen) atoms. The van der Waals surface area contributed by atoms with Crippen LogP contribution in [0.2, 0.25) is 0 Å². The Balaban J connectivity index is 3.09. The van der Waals surface area contributed by atoms with Crippen LogP contribution in [0.1, 0.15) is 51.9 Å². The van der Waals surface area contributed by atoms with Gasteiger partial charge in [-0.15, -0.1) is 0 Å². The van der Waals surface area contributed by atoms with E-state index in [1.165, 1.54) is 0 Å². The molecular formula is C20H22F16O2. The number of carbonyl (C=O) groups excluding carboxylic acids is 1. The van der Waals surface area contributed by atoms with Crippen LogP contribution in [0.5, 0.6) is 0 Å². The molecule has 226 valence electrons. The van der Waals surface area contributed by atoms with E-state index in [1.807, 2.05) is 6.92 Å². The highest BCUT2D eigenvalue weighted by Gasteiger charge is 2.93. The molecule has 0 bridgehead atoms. The molecule has 0 aromatic heterocycles. The van der Waals surface area contributed by atoms with Gasteiger partial charge in [0.05, 0.1) is 0 Å². The Morgan fingerprint density at radius 1 is 0.684 bits per heavy atom. The molecule has 0 saturated heterocycles. The van der Waals surface area contributed by atoms with E-state index in [-0.39, 0.29) is 0 Å². The summed E-state index contributed by atoms with van der Waals surface area (Å²) in [7, 11) is 0. The van der Waals surface area contributed by atoms with Crippen molar-refractivity contribution in [3.63, 3.8) is 0 Å². The van der Waals surface area contributed by atoms with Crippen LogP contribution in [0.25, 0.3) is 0 Å². The van der Waals surface area contributed by atoms with Crippen molar-refractivity contribution >= 4 is 5.97 Å². The summed E-state index contributed by atoms with van der Waals surface area (Å²) >= 11 is 0. The molecule has 0 heterocycles. The molecule has 18 heteroatoms. The number of carbonyl (C=O) groups is 1. The molecule has 0 spiro atoms. The molecule has 0 atom stereocenters. The number of ether oxygens (including phenoxy) is 1. The van der Waals surface area contributed by atoms with Gasteiger partial charge in [0.15, 0.2) is 6.61 Å². The van der Waals surface area contributed by atoms with Gasteiger partial charge in [0.25, 0.3) is 0 Å². The van der Waals surface area contributed by atoms with E-state index in [1.54, 1.807) is 0 Å². The summed E-state index contributed by atoms with van der Waals surface area (Å²) in [6, 6.07) is 0. The van der Waals surface area contributed by atoms with E-state index < -0.39 is 72.8 Å². The summed E-state index contributed by atoms with van der Waals surface area (Å²) < 4.78 is 216. The first kappa shape index (κ1) is 34.4. The highest BCUT2D eigenvalue weighted by molar-refractivity contribution is 5.69. The third-order valence-corrected chi connectivity index (χ3v) is 6.26. The molecule has 1 fully saturated rings. The lowest BCUT2D eigenvalue weighted by Crippen LogP contribution is -2.74. The van der Waals surface area contributed by atoms with Crippen molar-refractivity contribution in [1.29, 1.82) is 0 Å². The second kappa shape index (κ2) is 11.1. The Bertz CT molecular complexity index is 803. The fourth-order valence-electron chi connectivity index (χ4n) is 3.86. The summed E-state index contributed by atoms with van der Waals surface area (Å²) in [5.41, 5.74) is 0. The molecule has 1 saturated carbocycles. The third kappa shape index (κ3) is 5.77. The fraction of sp³-hybridized carbons (Fsp3) is 0.950. The molecule has 1 rings (SSSR count). The number of alkyl halides is 16. The topological polar surface area (TPSA) is 26.3 Å². The average molecular weight is 598 g/mol. The van der Waals surface area contributed by atoms with E-state index in [0.717, 1.165) is 12.8 Å². The van der Waals surface area contributed by atoms with Crippen molar-refractivity contribution in [2.75, 3.05) is 6.61 Å². The smallest absolute Gasteiger partial charge is 0.385 e. The second-order valence-electron chi connectivity index (χ2n) is 9.04. The molecule has 1 aliphatic carbocycles. The number of halogens is 16. The number of rotatable bonds is 13. The summed E-state index contributed by atoms with van der Waals surface area (Å²) in [4.78, 5) is 11.7. The van der Waals surface area contributed by atoms with Crippen LogP contribution in [0, 0.1) is 11.8 Å². The highest BCUT2D eigenvalue weighted by atomic mass is 19.4. The second-order valence-corrected chi connectivity index (χ2v) is 9.04. The monoisotopic (exact) mass is 598 g/mol. The molecule has 0 radical (unpaired) electrons. The van der Waals surface area contributed by atoms with Gasteiger partial charge in [0, 0.05) is 6.42 Å². The summed E-state index contributed by atoms with van der Waals surface area (Å²) in [6.07, 6.45) is -2.96. The Kier molecular flexibility index (Phi) is 10.0. The molecule has 0 N–H and O–H groups in total. The SMILES string of the molecule is CCC[C@H]1CC[C@H](CC(=O)OCC(F)(F)C(F)(F)C(F)(F)C(F)(F)C(F)(F)C(F)(F)C(F)(F)C(F)F)CC1. The van der Waals surface area contributed by atoms with Crippen molar-refractivity contribution in [1.82, 2.24) is 0 Å². The van der Waals surface area contributed by atoms with Crippen LogP contribution in [-0.4, -0.2) is 60.5 Å². The van der Waals surface area contributed by atoms with E-state index in [4.69, 9.17) is 0 Å². The molecular weight excluding hydrogens is 576 g/mol. The van der Waals surface area contributed by atoms with Crippen molar-refractivity contribution in [2.45, 2.75) is 99.8 Å². The molecule has 0 aromatic carbocycles. The lowest BCUT2D eigenvalue weighted by molar-refractivity contribution is -0.447. The predicted octanol–water partition coefficient (Wildman–Crippen LogP) is 8.24. The maximum atomic E-state index is 13.8. The predicted molar refractivity (Wildman–Crippen MR) is 96.6 cm³/mol. The maximum absolute atomic E-state index is 13.8. The Hall–Kier alpha value is -1.65. The molecule has 2 nitrogen and oxygen atoms in total. The first-order chi connectivity index (χ1) is 16.8. The lowest BCUT2D eigenvalue weighted by atomic mass is 9.79. The average Bonchev–Trinajstić information content (AvgIpc) is 2.78. The van der Waals surface area contributed by atoms with Crippen molar-refractivity contribution in [3.8, 4) is 0 Å². The maximum Gasteiger partial charge on any atom is 0.385 e. The molecule has 0 aromatic rings. The lowest BCUT2D eigenvalue weighted by Gasteiger charge is -2.42. The van der Waals surface area contributed by atoms with Gasteiger partial charge in [-0.1, -0.05) is 32.6 Å². The molecule has 0 unspecified atom stereocenters. The van der Waals surface area contributed by atoms with E-state index in [9.17, 15) is 75.0 Å². The summed E-state index contributed by atoms with van der Waals surface area (Å²) in [5.74, 6) is -57.1. The van der Waals surface area contributed by atoms with Crippen molar-refractivity contribution < 1.29 is 79.8 Å². The standard InChI is InChI=1S/C20H22F16O2/c1-2-3-10-4-6-11(7-5-10)8-12(37)38-9-14(23,24)16(27,28)18(31,32)20(35,36)19(33,34)17(29,30)15(25,26)13(21)22/h10-11,13H,2-9H2,1H3/t10-,11-. The fourth-order valence-corrected chi connectivity index (χ4v) is 3.86. The Morgan fingerprint density at radius 3 is 1.50 bits per heavy atom. The summed E-state index contributed by atoms with van der Waals surface area (Å²) in [5, 5.41) is 0. The zero-order chi connectivity index (χ0) is 30.2. The highest BCUT2D eigenvalue weighted by Crippen LogP contribution is 2.62. The van der Waals surface area contributed by atoms with Crippen molar-refractivity contribution in [3.05, 3.63) is 0 Å². The van der Waals surface area contributed by atoms with Gasteiger partial charge in [-0.05, 0) is 24.7 Å². The first-order valence-electron chi connectivity index (χ1n) is 10.9. The zero-order valence-electron chi connectivity index (χ0n) is 19.3. The van der Waals surface area contributed by atoms with Crippen LogP contribution < -0.4 is 0 Å². The van der Waals surface area contributed by atoms with Gasteiger partial charge in [0.2, 0.25) is 0 Å². The molecule has 0 amide bonds. The van der Waals surface area contributed by atoms with Crippen LogP contribution in [-0.2, 0) is 9.53 Å².